The first-order chi connectivity index (χ1) is 16.8. The van der Waals surface area contributed by atoms with Crippen LogP contribution in [0, 0.1) is 0 Å². The third kappa shape index (κ3) is 5.13. The number of carbonyl (C=O) groups excluding carboxylic acids is 1. The van der Waals surface area contributed by atoms with Gasteiger partial charge in [-0.2, -0.15) is 0 Å². The first kappa shape index (κ1) is 25.7. The highest BCUT2D eigenvalue weighted by Gasteiger charge is 2.56. The Hall–Kier alpha value is -2.36. The SMILES string of the molecule is CCOC(=O)OC[C@H]1OC2(CCOc3cc(Cl)c(Cc4ccc(CC)cc4)cc32)[C@H](O)[C@@H](O)[C@H]1O. The fourth-order valence-corrected chi connectivity index (χ4v) is 4.93. The minimum absolute atomic E-state index is 0.133. The number of carbonyl (C=O) groups is 1. The second kappa shape index (κ2) is 10.7. The third-order valence-corrected chi connectivity index (χ3v) is 7.03. The number of hydrogen-bond donors (Lipinski definition) is 3. The predicted molar refractivity (Wildman–Crippen MR) is 128 cm³/mol. The lowest BCUT2D eigenvalue weighted by atomic mass is 9.76. The van der Waals surface area contributed by atoms with Gasteiger partial charge in [0.1, 0.15) is 42.4 Å². The smallest absolute Gasteiger partial charge is 0.493 e. The topological polar surface area (TPSA) is 115 Å². The van der Waals surface area contributed by atoms with Gasteiger partial charge in [-0.25, -0.2) is 4.79 Å². The second-order valence-corrected chi connectivity index (χ2v) is 9.26. The molecule has 2 aromatic rings. The van der Waals surface area contributed by atoms with Gasteiger partial charge in [0.05, 0.1) is 13.2 Å². The van der Waals surface area contributed by atoms with Crippen molar-refractivity contribution in [3.8, 4) is 5.75 Å². The molecule has 1 saturated heterocycles. The number of fused-ring (bicyclic) bond motifs is 2. The van der Waals surface area contributed by atoms with Crippen molar-refractivity contribution in [2.24, 2.45) is 0 Å². The molecule has 190 valence electrons. The molecule has 0 saturated carbocycles. The van der Waals surface area contributed by atoms with Gasteiger partial charge in [0.25, 0.3) is 0 Å². The molecule has 2 aliphatic rings. The van der Waals surface area contributed by atoms with Crippen LogP contribution in [-0.4, -0.2) is 65.7 Å². The van der Waals surface area contributed by atoms with Crippen LogP contribution in [0.15, 0.2) is 36.4 Å². The average Bonchev–Trinajstić information content (AvgIpc) is 2.85. The molecule has 0 aromatic heterocycles. The lowest BCUT2D eigenvalue weighted by Crippen LogP contribution is -2.64. The first-order valence-electron chi connectivity index (χ1n) is 11.8. The highest BCUT2D eigenvalue weighted by molar-refractivity contribution is 6.31. The van der Waals surface area contributed by atoms with Gasteiger partial charge in [-0.1, -0.05) is 42.8 Å². The molecule has 1 spiro atoms. The van der Waals surface area contributed by atoms with Gasteiger partial charge in [-0.15, -0.1) is 0 Å². The maximum atomic E-state index is 11.7. The second-order valence-electron chi connectivity index (χ2n) is 8.85. The fourth-order valence-electron chi connectivity index (χ4n) is 4.71. The Bertz CT molecular complexity index is 1040. The quantitative estimate of drug-likeness (QED) is 0.512. The summed E-state index contributed by atoms with van der Waals surface area (Å²) in [7, 11) is 0. The van der Waals surface area contributed by atoms with Crippen molar-refractivity contribution in [2.75, 3.05) is 19.8 Å². The first-order valence-corrected chi connectivity index (χ1v) is 12.2. The molecule has 0 amide bonds. The van der Waals surface area contributed by atoms with Crippen LogP contribution in [0.2, 0.25) is 5.02 Å². The Kier molecular flexibility index (Phi) is 7.88. The van der Waals surface area contributed by atoms with Crippen molar-refractivity contribution < 1.29 is 39.1 Å². The summed E-state index contributed by atoms with van der Waals surface area (Å²) < 4.78 is 21.9. The van der Waals surface area contributed by atoms with E-state index < -0.39 is 36.2 Å². The molecule has 4 rings (SSSR count). The number of aryl methyl sites for hydroxylation is 1. The largest absolute Gasteiger partial charge is 0.508 e. The summed E-state index contributed by atoms with van der Waals surface area (Å²) in [5.41, 5.74) is 2.24. The molecule has 35 heavy (non-hydrogen) atoms. The maximum Gasteiger partial charge on any atom is 0.508 e. The Morgan fingerprint density at radius 2 is 1.80 bits per heavy atom. The molecule has 2 aromatic carbocycles. The number of benzene rings is 2. The highest BCUT2D eigenvalue weighted by Crippen LogP contribution is 2.48. The average molecular weight is 507 g/mol. The number of hydrogen-bond acceptors (Lipinski definition) is 8. The van der Waals surface area contributed by atoms with Gasteiger partial charge < -0.3 is 34.3 Å². The summed E-state index contributed by atoms with van der Waals surface area (Å²) >= 11 is 6.58. The van der Waals surface area contributed by atoms with Crippen LogP contribution in [-0.2, 0) is 32.7 Å². The molecule has 1 fully saturated rings. The minimum Gasteiger partial charge on any atom is -0.493 e. The van der Waals surface area contributed by atoms with Crippen LogP contribution in [0.25, 0.3) is 0 Å². The Balaban J connectivity index is 1.66. The van der Waals surface area contributed by atoms with Gasteiger partial charge >= 0.3 is 6.16 Å². The fraction of sp³-hybridized carbons (Fsp3) is 0.500. The van der Waals surface area contributed by atoms with Gasteiger partial charge in [0.2, 0.25) is 0 Å². The molecule has 0 bridgehead atoms. The van der Waals surface area contributed by atoms with E-state index in [1.54, 1.807) is 13.0 Å². The number of aliphatic hydroxyl groups is 3. The number of aliphatic hydroxyl groups excluding tert-OH is 3. The van der Waals surface area contributed by atoms with E-state index in [0.29, 0.717) is 22.8 Å². The summed E-state index contributed by atoms with van der Waals surface area (Å²) in [6, 6.07) is 11.8. The monoisotopic (exact) mass is 506 g/mol. The molecule has 5 atom stereocenters. The van der Waals surface area contributed by atoms with Crippen molar-refractivity contribution in [3.63, 3.8) is 0 Å². The van der Waals surface area contributed by atoms with E-state index in [1.165, 1.54) is 5.56 Å². The summed E-state index contributed by atoms with van der Waals surface area (Å²) in [6.07, 6.45) is -4.75. The third-order valence-electron chi connectivity index (χ3n) is 6.68. The lowest BCUT2D eigenvalue weighted by molar-refractivity contribution is -0.286. The van der Waals surface area contributed by atoms with E-state index >= 15 is 0 Å². The summed E-state index contributed by atoms with van der Waals surface area (Å²) in [4.78, 5) is 11.7. The van der Waals surface area contributed by atoms with Gasteiger partial charge in [-0.05, 0) is 48.6 Å². The molecular formula is C26H31ClO8. The maximum absolute atomic E-state index is 11.7. The number of rotatable bonds is 6. The van der Waals surface area contributed by atoms with Crippen molar-refractivity contribution in [1.29, 1.82) is 0 Å². The van der Waals surface area contributed by atoms with Crippen molar-refractivity contribution in [2.45, 2.75) is 63.1 Å². The van der Waals surface area contributed by atoms with Crippen LogP contribution in [0.4, 0.5) is 4.79 Å². The molecule has 2 heterocycles. The normalized spacial score (nSPS) is 27.7. The predicted octanol–water partition coefficient (Wildman–Crippen LogP) is 3.13. The molecule has 3 N–H and O–H groups in total. The summed E-state index contributed by atoms with van der Waals surface area (Å²) in [5.74, 6) is 0.430. The van der Waals surface area contributed by atoms with Crippen molar-refractivity contribution in [1.82, 2.24) is 0 Å². The molecule has 8 nitrogen and oxygen atoms in total. The van der Waals surface area contributed by atoms with Crippen LogP contribution in [0.1, 0.15) is 42.5 Å². The zero-order chi connectivity index (χ0) is 25.2. The van der Waals surface area contributed by atoms with Crippen molar-refractivity contribution >= 4 is 17.8 Å². The van der Waals surface area contributed by atoms with Crippen LogP contribution in [0.5, 0.6) is 5.75 Å². The molecule has 2 aliphatic heterocycles. The van der Waals surface area contributed by atoms with E-state index in [2.05, 4.69) is 31.2 Å². The van der Waals surface area contributed by atoms with E-state index in [-0.39, 0.29) is 26.2 Å². The standard InChI is InChI=1S/C26H31ClO8/c1-3-15-5-7-16(8-6-15)11-17-12-18-20(13-19(17)27)33-10-9-26(18)24(30)23(29)22(28)21(35-26)14-34-25(31)32-4-2/h5-8,12-13,21-24,28-30H,3-4,9-11,14H2,1-2H3/t21-,22+,23+,24-,26?/m1/s1. The van der Waals surface area contributed by atoms with Crippen LogP contribution < -0.4 is 4.74 Å². The Morgan fingerprint density at radius 3 is 2.49 bits per heavy atom. The molecule has 0 aliphatic carbocycles. The Morgan fingerprint density at radius 1 is 1.09 bits per heavy atom. The van der Waals surface area contributed by atoms with Crippen LogP contribution in [0.3, 0.4) is 0 Å². The molecule has 9 heteroatoms. The Labute approximate surface area is 209 Å². The number of halogens is 1. The molecule has 0 radical (unpaired) electrons. The molecule has 1 unspecified atom stereocenters. The minimum atomic E-state index is -1.54. The van der Waals surface area contributed by atoms with Crippen molar-refractivity contribution in [3.05, 3.63) is 63.7 Å². The van der Waals surface area contributed by atoms with E-state index in [9.17, 15) is 20.1 Å². The van der Waals surface area contributed by atoms with E-state index in [4.69, 9.17) is 30.5 Å². The van der Waals surface area contributed by atoms with Gasteiger partial charge in [0, 0.05) is 17.0 Å². The van der Waals surface area contributed by atoms with E-state index in [1.807, 2.05) is 6.07 Å². The molecular weight excluding hydrogens is 476 g/mol. The summed E-state index contributed by atoms with van der Waals surface area (Å²) in [6.45, 7) is 3.72. The van der Waals surface area contributed by atoms with E-state index in [0.717, 1.165) is 17.5 Å². The highest BCUT2D eigenvalue weighted by atomic mass is 35.5. The zero-order valence-electron chi connectivity index (χ0n) is 19.8. The van der Waals surface area contributed by atoms with Gasteiger partial charge in [-0.3, -0.25) is 0 Å². The lowest BCUT2D eigenvalue weighted by Gasteiger charge is -2.50. The summed E-state index contributed by atoms with van der Waals surface area (Å²) in [5, 5.41) is 32.9. The zero-order valence-corrected chi connectivity index (χ0v) is 20.5. The number of ether oxygens (including phenoxy) is 4. The van der Waals surface area contributed by atoms with Gasteiger partial charge in [0.15, 0.2) is 0 Å². The van der Waals surface area contributed by atoms with Crippen LogP contribution >= 0.6 is 11.6 Å².